The van der Waals surface area contributed by atoms with Crippen LogP contribution in [0.5, 0.6) is 0 Å². The first-order valence-corrected chi connectivity index (χ1v) is 8.60. The van der Waals surface area contributed by atoms with Crippen molar-refractivity contribution < 1.29 is 14.6 Å². The number of hydrogen-bond donors (Lipinski definition) is 2. The monoisotopic (exact) mass is 403 g/mol. The van der Waals surface area contributed by atoms with Crippen molar-refractivity contribution in [1.29, 1.82) is 0 Å². The Bertz CT molecular complexity index is 490. The molecule has 1 aromatic rings. The number of carbonyl (C=O) groups excluding carboxylic acids is 1. The molecule has 1 aromatic carbocycles. The van der Waals surface area contributed by atoms with Crippen LogP contribution < -0.4 is 5.32 Å². The molecule has 0 aliphatic heterocycles. The summed E-state index contributed by atoms with van der Waals surface area (Å²) in [6.07, 6.45) is 4.73. The second-order valence-electron chi connectivity index (χ2n) is 5.53. The van der Waals surface area contributed by atoms with Gasteiger partial charge in [0.2, 0.25) is 5.79 Å². The van der Waals surface area contributed by atoms with E-state index in [1.165, 1.54) is 0 Å². The van der Waals surface area contributed by atoms with Gasteiger partial charge in [-0.1, -0.05) is 38.0 Å². The molecule has 0 spiro atoms. The molecule has 2 N–H and O–H groups in total. The molecule has 0 heterocycles. The van der Waals surface area contributed by atoms with Crippen LogP contribution in [0.2, 0.25) is 0 Å². The molecule has 1 saturated carbocycles. The minimum absolute atomic E-state index is 0.215. The van der Waals surface area contributed by atoms with Gasteiger partial charge in [-0.15, -0.1) is 0 Å². The van der Waals surface area contributed by atoms with E-state index in [9.17, 15) is 9.90 Å². The average Bonchev–Trinajstić information content (AvgIpc) is 3.23. The van der Waals surface area contributed by atoms with Crippen LogP contribution in [0.3, 0.4) is 0 Å². The van der Waals surface area contributed by atoms with Crippen molar-refractivity contribution in [2.24, 2.45) is 0 Å². The lowest BCUT2D eigenvalue weighted by Gasteiger charge is -2.29. The highest BCUT2D eigenvalue weighted by Gasteiger charge is 2.36. The third kappa shape index (κ3) is 4.85. The third-order valence-electron chi connectivity index (χ3n) is 3.57. The van der Waals surface area contributed by atoms with Crippen molar-refractivity contribution >= 4 is 28.7 Å². The van der Waals surface area contributed by atoms with E-state index in [4.69, 9.17) is 4.74 Å². The smallest absolute Gasteiger partial charge is 0.410 e. The molecule has 116 valence electrons. The number of nitrogens with one attached hydrogen (secondary N) is 1. The van der Waals surface area contributed by atoms with Crippen LogP contribution in [0.25, 0.3) is 0 Å². The maximum Gasteiger partial charge on any atom is 0.410 e. The molecule has 0 unspecified atom stereocenters. The van der Waals surface area contributed by atoms with Crippen molar-refractivity contribution in [3.05, 3.63) is 33.4 Å². The van der Waals surface area contributed by atoms with Crippen LogP contribution in [0.15, 0.2) is 24.3 Å². The number of aliphatic hydroxyl groups is 1. The summed E-state index contributed by atoms with van der Waals surface area (Å²) >= 11 is 2.16. The zero-order chi connectivity index (χ0) is 15.3. The van der Waals surface area contributed by atoms with E-state index in [0.717, 1.165) is 35.7 Å². The van der Waals surface area contributed by atoms with E-state index in [2.05, 4.69) is 34.8 Å². The van der Waals surface area contributed by atoms with Crippen molar-refractivity contribution in [3.63, 3.8) is 0 Å². The van der Waals surface area contributed by atoms with E-state index < -0.39 is 11.9 Å². The Balaban J connectivity index is 2.12. The fourth-order valence-electron chi connectivity index (χ4n) is 2.21. The van der Waals surface area contributed by atoms with Crippen LogP contribution in [-0.2, 0) is 10.5 Å². The summed E-state index contributed by atoms with van der Waals surface area (Å²) in [7, 11) is 0. The Morgan fingerprint density at radius 1 is 1.43 bits per heavy atom. The number of carbonyl (C=O) groups is 1. The van der Waals surface area contributed by atoms with Crippen LogP contribution in [0.4, 0.5) is 4.79 Å². The predicted molar refractivity (Wildman–Crippen MR) is 89.8 cm³/mol. The topological polar surface area (TPSA) is 58.6 Å². The van der Waals surface area contributed by atoms with Crippen molar-refractivity contribution in [2.75, 3.05) is 0 Å². The lowest BCUT2D eigenvalue weighted by atomic mass is 9.99. The van der Waals surface area contributed by atoms with Gasteiger partial charge in [-0.3, -0.25) is 0 Å². The summed E-state index contributed by atoms with van der Waals surface area (Å²) < 4.78 is 6.30. The van der Waals surface area contributed by atoms with Crippen molar-refractivity contribution in [2.45, 2.75) is 57.3 Å². The Labute approximate surface area is 139 Å². The van der Waals surface area contributed by atoms with Gasteiger partial charge in [0.05, 0.1) is 0 Å². The molecule has 0 saturated heterocycles. The van der Waals surface area contributed by atoms with Crippen LogP contribution in [-0.4, -0.2) is 17.2 Å². The highest BCUT2D eigenvalue weighted by Crippen LogP contribution is 2.32. The van der Waals surface area contributed by atoms with Gasteiger partial charge >= 0.3 is 6.09 Å². The first kappa shape index (κ1) is 16.5. The van der Waals surface area contributed by atoms with Gasteiger partial charge in [0.25, 0.3) is 0 Å². The number of alkyl carbamates (subject to hydrolysis) is 1. The minimum atomic E-state index is -1.55. The third-order valence-corrected chi connectivity index (χ3v) is 4.52. The second kappa shape index (κ2) is 7.45. The Hall–Kier alpha value is -0.820. The molecular weight excluding hydrogens is 381 g/mol. The lowest BCUT2D eigenvalue weighted by molar-refractivity contribution is -0.176. The van der Waals surface area contributed by atoms with E-state index in [0.29, 0.717) is 12.0 Å². The SMILES string of the molecule is CCCCC[C@](O)(OC(=O)NC1CC1)c1ccccc1I. The lowest BCUT2D eigenvalue weighted by Crippen LogP contribution is -2.38. The number of ether oxygens (including phenoxy) is 1. The van der Waals surface area contributed by atoms with Gasteiger partial charge in [0, 0.05) is 21.6 Å². The number of rotatable bonds is 7. The van der Waals surface area contributed by atoms with E-state index >= 15 is 0 Å². The number of amides is 1. The normalized spacial score (nSPS) is 17.1. The molecule has 0 bridgehead atoms. The van der Waals surface area contributed by atoms with Gasteiger partial charge in [-0.05, 0) is 47.9 Å². The highest BCUT2D eigenvalue weighted by atomic mass is 127. The number of halogens is 1. The Kier molecular flexibility index (Phi) is 5.87. The van der Waals surface area contributed by atoms with E-state index in [-0.39, 0.29) is 6.04 Å². The first-order chi connectivity index (χ1) is 10.0. The van der Waals surface area contributed by atoms with Gasteiger partial charge in [-0.25, -0.2) is 4.79 Å². The van der Waals surface area contributed by atoms with E-state index in [1.807, 2.05) is 24.3 Å². The molecule has 21 heavy (non-hydrogen) atoms. The zero-order valence-electron chi connectivity index (χ0n) is 12.3. The number of benzene rings is 1. The Morgan fingerprint density at radius 3 is 2.76 bits per heavy atom. The fraction of sp³-hybridized carbons (Fsp3) is 0.562. The van der Waals surface area contributed by atoms with Crippen LogP contribution in [0.1, 0.15) is 51.0 Å². The second-order valence-corrected chi connectivity index (χ2v) is 6.69. The Morgan fingerprint density at radius 2 is 2.14 bits per heavy atom. The molecule has 1 amide bonds. The van der Waals surface area contributed by atoms with Gasteiger partial charge < -0.3 is 15.2 Å². The van der Waals surface area contributed by atoms with E-state index in [1.54, 1.807) is 0 Å². The van der Waals surface area contributed by atoms with Gasteiger partial charge in [-0.2, -0.15) is 0 Å². The summed E-state index contributed by atoms with van der Waals surface area (Å²) in [6.45, 7) is 2.10. The molecule has 5 heteroatoms. The minimum Gasteiger partial charge on any atom is -0.413 e. The molecule has 1 aliphatic carbocycles. The molecule has 1 aliphatic rings. The quantitative estimate of drug-likeness (QED) is 0.413. The predicted octanol–water partition coefficient (Wildman–Crippen LogP) is 3.91. The average molecular weight is 403 g/mol. The summed E-state index contributed by atoms with van der Waals surface area (Å²) in [6, 6.07) is 7.69. The molecule has 1 fully saturated rings. The number of unbranched alkanes of at least 4 members (excludes halogenated alkanes) is 2. The largest absolute Gasteiger partial charge is 0.413 e. The van der Waals surface area contributed by atoms with Gasteiger partial charge in [0.1, 0.15) is 0 Å². The highest BCUT2D eigenvalue weighted by molar-refractivity contribution is 14.1. The zero-order valence-corrected chi connectivity index (χ0v) is 14.4. The summed E-state index contributed by atoms with van der Waals surface area (Å²) in [5.74, 6) is -1.55. The van der Waals surface area contributed by atoms with Gasteiger partial charge in [0.15, 0.2) is 0 Å². The molecule has 1 atom stereocenters. The first-order valence-electron chi connectivity index (χ1n) is 7.52. The van der Waals surface area contributed by atoms with Crippen molar-refractivity contribution in [3.8, 4) is 0 Å². The summed E-state index contributed by atoms with van der Waals surface area (Å²) in [5.41, 5.74) is 0.660. The van der Waals surface area contributed by atoms with Crippen LogP contribution >= 0.6 is 22.6 Å². The summed E-state index contributed by atoms with van der Waals surface area (Å²) in [4.78, 5) is 11.9. The molecule has 2 rings (SSSR count). The standard InChI is InChI=1S/C16H22INO3/c1-2-3-6-11-16(20,13-7-4-5-8-14(13)17)21-15(19)18-12-9-10-12/h4-5,7-8,12,20H,2-3,6,9-11H2,1H3,(H,18,19)/t16-/m0/s1. The molecular formula is C16H22INO3. The van der Waals surface area contributed by atoms with Crippen LogP contribution in [0, 0.1) is 3.57 Å². The molecule has 4 nitrogen and oxygen atoms in total. The summed E-state index contributed by atoms with van der Waals surface area (Å²) in [5, 5.41) is 13.7. The van der Waals surface area contributed by atoms with Crippen molar-refractivity contribution in [1.82, 2.24) is 5.32 Å². The number of hydrogen-bond acceptors (Lipinski definition) is 3. The molecule has 0 aromatic heterocycles. The fourth-order valence-corrected chi connectivity index (χ4v) is 3.02. The maximum absolute atomic E-state index is 11.9. The molecule has 0 radical (unpaired) electrons. The maximum atomic E-state index is 11.9.